The molecule has 5 nitrogen and oxygen atoms in total. The van der Waals surface area contributed by atoms with Crippen molar-refractivity contribution in [1.29, 1.82) is 0 Å². The predicted molar refractivity (Wildman–Crippen MR) is 141 cm³/mol. The van der Waals surface area contributed by atoms with E-state index in [1.54, 1.807) is 48.5 Å². The van der Waals surface area contributed by atoms with E-state index in [1.165, 1.54) is 6.08 Å². The highest BCUT2D eigenvalue weighted by atomic mass is 35.5. The maximum atomic E-state index is 12.4. The maximum Gasteiger partial charge on any atom is 0.248 e. The molecule has 0 saturated carbocycles. The molecule has 0 atom stereocenters. The molecule has 0 aliphatic carbocycles. The van der Waals surface area contributed by atoms with Crippen LogP contribution in [-0.4, -0.2) is 10.9 Å². The number of fused-ring (bicyclic) bond motifs is 1. The van der Waals surface area contributed by atoms with Crippen LogP contribution in [-0.2, 0) is 4.79 Å². The zero-order valence-corrected chi connectivity index (χ0v) is 20.6. The number of benzene rings is 3. The molecule has 0 bridgehead atoms. The number of carbonyl (C=O) groups is 1. The fraction of sp³-hybridized carbons (Fsp3) is 0.0370. The van der Waals surface area contributed by atoms with Crippen LogP contribution in [0.1, 0.15) is 11.3 Å². The first-order valence-corrected chi connectivity index (χ1v) is 11.7. The van der Waals surface area contributed by atoms with Gasteiger partial charge in [-0.3, -0.25) is 4.79 Å². The van der Waals surface area contributed by atoms with Crippen molar-refractivity contribution in [2.24, 2.45) is 0 Å². The Morgan fingerprint density at radius 3 is 2.43 bits per heavy atom. The third-order valence-electron chi connectivity index (χ3n) is 5.29. The summed E-state index contributed by atoms with van der Waals surface area (Å²) in [5, 5.41) is 4.37. The van der Waals surface area contributed by atoms with Crippen LogP contribution in [0.15, 0.2) is 81.6 Å². The van der Waals surface area contributed by atoms with Gasteiger partial charge in [0, 0.05) is 32.9 Å². The second kappa shape index (κ2) is 9.62. The number of nitrogens with one attached hydrogen (secondary N) is 1. The first-order valence-electron chi connectivity index (χ1n) is 10.6. The van der Waals surface area contributed by atoms with E-state index in [-0.39, 0.29) is 5.91 Å². The average Bonchev–Trinajstić information content (AvgIpc) is 3.48. The molecule has 0 unspecified atom stereocenters. The van der Waals surface area contributed by atoms with Crippen LogP contribution in [0.3, 0.4) is 0 Å². The fourth-order valence-corrected chi connectivity index (χ4v) is 4.17. The number of furan rings is 1. The summed E-state index contributed by atoms with van der Waals surface area (Å²) in [6.45, 7) is 1.94. The van der Waals surface area contributed by atoms with Crippen LogP contribution in [0.25, 0.3) is 40.0 Å². The Labute approximate surface area is 215 Å². The van der Waals surface area contributed by atoms with Crippen LogP contribution in [0, 0.1) is 6.92 Å². The molecule has 0 aliphatic rings. The van der Waals surface area contributed by atoms with Crippen molar-refractivity contribution in [3.05, 3.63) is 99.2 Å². The summed E-state index contributed by atoms with van der Waals surface area (Å²) in [7, 11) is 0. The second-order valence-electron chi connectivity index (χ2n) is 7.82. The van der Waals surface area contributed by atoms with Crippen LogP contribution >= 0.6 is 34.8 Å². The Kier molecular flexibility index (Phi) is 6.39. The smallest absolute Gasteiger partial charge is 0.248 e. The van der Waals surface area contributed by atoms with Gasteiger partial charge in [0.25, 0.3) is 0 Å². The first-order chi connectivity index (χ1) is 16.9. The van der Waals surface area contributed by atoms with E-state index in [0.29, 0.717) is 49.3 Å². The van der Waals surface area contributed by atoms with Crippen molar-refractivity contribution in [3.63, 3.8) is 0 Å². The van der Waals surface area contributed by atoms with Gasteiger partial charge in [-0.05, 0) is 73.2 Å². The number of anilines is 1. The van der Waals surface area contributed by atoms with Crippen LogP contribution in [0.4, 0.5) is 5.69 Å². The molecular formula is C27H17Cl3N2O3. The van der Waals surface area contributed by atoms with Crippen LogP contribution in [0.5, 0.6) is 0 Å². The Bertz CT molecular complexity index is 1580. The number of amides is 1. The van der Waals surface area contributed by atoms with E-state index >= 15 is 0 Å². The Morgan fingerprint density at radius 2 is 1.66 bits per heavy atom. The lowest BCUT2D eigenvalue weighted by atomic mass is 10.1. The number of halogens is 3. The van der Waals surface area contributed by atoms with Gasteiger partial charge in [0.1, 0.15) is 17.0 Å². The van der Waals surface area contributed by atoms with Crippen molar-refractivity contribution in [2.75, 3.05) is 5.32 Å². The van der Waals surface area contributed by atoms with Gasteiger partial charge < -0.3 is 14.2 Å². The van der Waals surface area contributed by atoms with Gasteiger partial charge in [0.15, 0.2) is 5.58 Å². The molecule has 0 saturated heterocycles. The number of carbonyl (C=O) groups excluding carboxylic acids is 1. The predicted octanol–water partition coefficient (Wildman–Crippen LogP) is 8.68. The molecule has 0 spiro atoms. The molecule has 1 amide bonds. The minimum atomic E-state index is -0.294. The van der Waals surface area contributed by atoms with Crippen molar-refractivity contribution in [2.45, 2.75) is 6.92 Å². The van der Waals surface area contributed by atoms with Gasteiger partial charge in [-0.15, -0.1) is 0 Å². The summed E-state index contributed by atoms with van der Waals surface area (Å²) in [5.74, 6) is 1.34. The normalized spacial score (nSPS) is 11.4. The monoisotopic (exact) mass is 522 g/mol. The van der Waals surface area contributed by atoms with E-state index in [0.717, 1.165) is 16.7 Å². The summed E-state index contributed by atoms with van der Waals surface area (Å²) in [6.07, 6.45) is 3.02. The van der Waals surface area contributed by atoms with Crippen LogP contribution in [0.2, 0.25) is 15.1 Å². The number of hydrogen-bond acceptors (Lipinski definition) is 4. The molecule has 0 fully saturated rings. The van der Waals surface area contributed by atoms with E-state index in [1.807, 2.05) is 31.2 Å². The Balaban J connectivity index is 1.25. The molecule has 35 heavy (non-hydrogen) atoms. The summed E-state index contributed by atoms with van der Waals surface area (Å²) >= 11 is 18.4. The van der Waals surface area contributed by atoms with E-state index in [2.05, 4.69) is 10.3 Å². The Morgan fingerprint density at radius 1 is 0.886 bits per heavy atom. The minimum absolute atomic E-state index is 0.294. The van der Waals surface area contributed by atoms with Gasteiger partial charge in [-0.2, -0.15) is 0 Å². The molecule has 0 radical (unpaired) electrons. The van der Waals surface area contributed by atoms with Crippen LogP contribution < -0.4 is 5.32 Å². The minimum Gasteiger partial charge on any atom is -0.457 e. The molecule has 2 aromatic heterocycles. The lowest BCUT2D eigenvalue weighted by Gasteiger charge is -2.03. The van der Waals surface area contributed by atoms with Crippen molar-refractivity contribution >= 4 is 63.6 Å². The fourth-order valence-electron chi connectivity index (χ4n) is 3.46. The van der Waals surface area contributed by atoms with Crippen molar-refractivity contribution in [1.82, 2.24) is 4.98 Å². The molecule has 5 aromatic rings. The second-order valence-corrected chi connectivity index (χ2v) is 9.07. The topological polar surface area (TPSA) is 68.3 Å². The van der Waals surface area contributed by atoms with Gasteiger partial charge in [-0.25, -0.2) is 4.98 Å². The molecule has 0 aliphatic heterocycles. The highest BCUT2D eigenvalue weighted by Crippen LogP contribution is 2.32. The number of hydrogen-bond donors (Lipinski definition) is 1. The summed E-state index contributed by atoms with van der Waals surface area (Å²) in [4.78, 5) is 16.8. The SMILES string of the molecule is Cc1ccc(-c2ccc(/C=C/C(=O)Nc3ccc(-c4nc5cc(Cl)cc(Cl)c5o4)cc3)o2)cc1Cl. The van der Waals surface area contributed by atoms with Crippen molar-refractivity contribution in [3.8, 4) is 22.8 Å². The third kappa shape index (κ3) is 5.13. The standard InChI is InChI=1S/C27H17Cl3N2O3/c1-15-2-3-17(12-21(15)29)24-10-8-20(34-24)9-11-25(33)31-19-6-4-16(5-7-19)27-32-23-14-18(28)13-22(30)26(23)35-27/h2-14H,1H3,(H,31,33)/b11-9+. The number of aromatic nitrogens is 1. The Hall–Kier alpha value is -3.51. The van der Waals surface area contributed by atoms with Gasteiger partial charge in [-0.1, -0.05) is 46.9 Å². The van der Waals surface area contributed by atoms with E-state index in [4.69, 9.17) is 43.6 Å². The average molecular weight is 524 g/mol. The summed E-state index contributed by atoms with van der Waals surface area (Å²) in [5.41, 5.74) is 4.27. The number of nitrogens with zero attached hydrogens (tertiary/aromatic N) is 1. The van der Waals surface area contributed by atoms with E-state index < -0.39 is 0 Å². The lowest BCUT2D eigenvalue weighted by Crippen LogP contribution is -2.07. The molecule has 1 N–H and O–H groups in total. The molecule has 2 heterocycles. The largest absolute Gasteiger partial charge is 0.457 e. The number of oxazole rings is 1. The molecule has 8 heteroatoms. The van der Waals surface area contributed by atoms with E-state index in [9.17, 15) is 4.79 Å². The summed E-state index contributed by atoms with van der Waals surface area (Å²) < 4.78 is 11.6. The highest BCUT2D eigenvalue weighted by Gasteiger charge is 2.12. The van der Waals surface area contributed by atoms with Crippen molar-refractivity contribution < 1.29 is 13.6 Å². The molecule has 5 rings (SSSR count). The number of rotatable bonds is 5. The molecule has 174 valence electrons. The summed E-state index contributed by atoms with van der Waals surface area (Å²) in [6, 6.07) is 19.8. The van der Waals surface area contributed by atoms with Gasteiger partial charge >= 0.3 is 0 Å². The quantitative estimate of drug-likeness (QED) is 0.234. The highest BCUT2D eigenvalue weighted by molar-refractivity contribution is 6.38. The van der Waals surface area contributed by atoms with Gasteiger partial charge in [0.05, 0.1) is 5.02 Å². The maximum absolute atomic E-state index is 12.4. The molecule has 3 aromatic carbocycles. The zero-order valence-electron chi connectivity index (χ0n) is 18.3. The number of aryl methyl sites for hydroxylation is 1. The first kappa shape index (κ1) is 23.2. The van der Waals surface area contributed by atoms with Gasteiger partial charge in [0.2, 0.25) is 11.8 Å². The molecular weight excluding hydrogens is 507 g/mol. The lowest BCUT2D eigenvalue weighted by molar-refractivity contribution is -0.111. The third-order valence-corrected chi connectivity index (χ3v) is 6.20. The zero-order chi connectivity index (χ0) is 24.5.